The Hall–Kier alpha value is 0.573. The van der Waals surface area contributed by atoms with Crippen molar-refractivity contribution in [3.8, 4) is 0 Å². The van der Waals surface area contributed by atoms with Crippen molar-refractivity contribution in [3.05, 3.63) is 0 Å². The SMILES string of the molecule is NCC(=O)O.[Fe].[Zn]. The molecular weight excluding hydrogens is 191 g/mol. The summed E-state index contributed by atoms with van der Waals surface area (Å²) in [4.78, 5) is 9.24. The Bertz CT molecular complexity index is 51.0. The van der Waals surface area contributed by atoms with E-state index in [1.807, 2.05) is 0 Å². The third kappa shape index (κ3) is 20.8. The molecule has 7 heavy (non-hydrogen) atoms. The standard InChI is InChI=1S/C2H5NO2.Fe.Zn/c3-1-2(4)5;;/h1,3H2,(H,4,5);;. The zero-order valence-electron chi connectivity index (χ0n) is 3.70. The molecule has 0 unspecified atom stereocenters. The molecule has 40 valence electrons. The molecule has 0 aliphatic carbocycles. The molecule has 0 rings (SSSR count). The molecule has 0 spiro atoms. The minimum atomic E-state index is -0.968. The van der Waals surface area contributed by atoms with Crippen LogP contribution in [0.5, 0.6) is 0 Å². The first-order chi connectivity index (χ1) is 2.27. The third-order valence-corrected chi connectivity index (χ3v) is 0.175. The third-order valence-electron chi connectivity index (χ3n) is 0.175. The van der Waals surface area contributed by atoms with Crippen LogP contribution in [0.2, 0.25) is 0 Å². The van der Waals surface area contributed by atoms with Crippen molar-refractivity contribution >= 4 is 5.97 Å². The number of nitrogens with two attached hydrogens (primary N) is 1. The van der Waals surface area contributed by atoms with E-state index in [4.69, 9.17) is 5.11 Å². The number of aliphatic carboxylic acids is 1. The van der Waals surface area contributed by atoms with Crippen molar-refractivity contribution in [1.82, 2.24) is 0 Å². The molecule has 0 heterocycles. The van der Waals surface area contributed by atoms with Crippen molar-refractivity contribution in [2.75, 3.05) is 6.54 Å². The molecule has 3 nitrogen and oxygen atoms in total. The van der Waals surface area contributed by atoms with E-state index in [-0.39, 0.29) is 43.1 Å². The second kappa shape index (κ2) is 9.76. The molecule has 0 fully saturated rings. The number of carboxylic acid groups (broad SMARTS) is 1. The molecule has 0 aromatic heterocycles. The van der Waals surface area contributed by atoms with Gasteiger partial charge < -0.3 is 10.8 Å². The second-order valence-corrected chi connectivity index (χ2v) is 0.598. The predicted molar refractivity (Wildman–Crippen MR) is 16.7 cm³/mol. The van der Waals surface area contributed by atoms with Gasteiger partial charge in [-0.25, -0.2) is 0 Å². The maximum absolute atomic E-state index is 9.24. The Morgan fingerprint density at radius 1 is 1.71 bits per heavy atom. The average molecular weight is 196 g/mol. The fourth-order valence-corrected chi connectivity index (χ4v) is 0. The van der Waals surface area contributed by atoms with Crippen LogP contribution >= 0.6 is 0 Å². The van der Waals surface area contributed by atoms with E-state index in [9.17, 15) is 4.79 Å². The summed E-state index contributed by atoms with van der Waals surface area (Å²) in [6, 6.07) is 0. The van der Waals surface area contributed by atoms with E-state index in [1.165, 1.54) is 0 Å². The summed E-state index contributed by atoms with van der Waals surface area (Å²) >= 11 is 0. The van der Waals surface area contributed by atoms with Gasteiger partial charge in [0.05, 0.1) is 6.54 Å². The van der Waals surface area contributed by atoms with Crippen molar-refractivity contribution in [1.29, 1.82) is 0 Å². The van der Waals surface area contributed by atoms with Gasteiger partial charge in [-0.1, -0.05) is 0 Å². The first kappa shape index (κ1) is 15.6. The summed E-state index contributed by atoms with van der Waals surface area (Å²) in [6.45, 7) is -0.278. The summed E-state index contributed by atoms with van der Waals surface area (Å²) in [5.74, 6) is -0.968. The average Bonchev–Trinajstić information content (AvgIpc) is 1.38. The summed E-state index contributed by atoms with van der Waals surface area (Å²) in [7, 11) is 0. The molecule has 0 aromatic rings. The van der Waals surface area contributed by atoms with Gasteiger partial charge in [0.25, 0.3) is 0 Å². The topological polar surface area (TPSA) is 63.3 Å². The number of carboxylic acids is 1. The van der Waals surface area contributed by atoms with Gasteiger partial charge in [-0.15, -0.1) is 0 Å². The molecule has 0 aliphatic rings. The predicted octanol–water partition coefficient (Wildman–Crippen LogP) is -0.975. The van der Waals surface area contributed by atoms with Gasteiger partial charge in [-0.2, -0.15) is 0 Å². The zero-order chi connectivity index (χ0) is 4.28. The molecule has 3 N–H and O–H groups in total. The molecule has 0 saturated carbocycles. The zero-order valence-corrected chi connectivity index (χ0v) is 7.77. The van der Waals surface area contributed by atoms with E-state index in [0.29, 0.717) is 0 Å². The minimum Gasteiger partial charge on any atom is -0.480 e. The summed E-state index contributed by atoms with van der Waals surface area (Å²) < 4.78 is 0. The second-order valence-electron chi connectivity index (χ2n) is 0.598. The Labute approximate surface area is 64.9 Å². The van der Waals surface area contributed by atoms with Crippen LogP contribution in [0.3, 0.4) is 0 Å². The Morgan fingerprint density at radius 3 is 1.86 bits per heavy atom. The van der Waals surface area contributed by atoms with Gasteiger partial charge in [0.15, 0.2) is 0 Å². The smallest absolute Gasteiger partial charge is 0.317 e. The van der Waals surface area contributed by atoms with Gasteiger partial charge in [-0.05, 0) is 0 Å². The van der Waals surface area contributed by atoms with Crippen LogP contribution in [0.15, 0.2) is 0 Å². The van der Waals surface area contributed by atoms with Crippen molar-refractivity contribution < 1.29 is 46.4 Å². The Balaban J connectivity index is -0.0000000800. The van der Waals surface area contributed by atoms with Crippen LogP contribution < -0.4 is 5.73 Å². The fourth-order valence-electron chi connectivity index (χ4n) is 0. The largest absolute Gasteiger partial charge is 0.480 e. The first-order valence-corrected chi connectivity index (χ1v) is 1.19. The number of hydrogen-bond donors (Lipinski definition) is 2. The molecule has 0 bridgehead atoms. The number of rotatable bonds is 1. The van der Waals surface area contributed by atoms with Gasteiger partial charge in [-0.3, -0.25) is 4.79 Å². The van der Waals surface area contributed by atoms with Crippen LogP contribution in [0.4, 0.5) is 0 Å². The maximum atomic E-state index is 9.24. The van der Waals surface area contributed by atoms with Gasteiger partial charge in [0.1, 0.15) is 0 Å². The molecule has 0 radical (unpaired) electrons. The van der Waals surface area contributed by atoms with E-state index in [1.54, 1.807) is 0 Å². The Kier molecular flexibility index (Phi) is 21.8. The summed E-state index contributed by atoms with van der Waals surface area (Å²) in [6.07, 6.45) is 0. The van der Waals surface area contributed by atoms with Crippen LogP contribution in [-0.4, -0.2) is 17.6 Å². The van der Waals surface area contributed by atoms with Crippen molar-refractivity contribution in [2.45, 2.75) is 0 Å². The molecule has 0 aromatic carbocycles. The quantitative estimate of drug-likeness (QED) is 0.530. The monoisotopic (exact) mass is 195 g/mol. The van der Waals surface area contributed by atoms with Crippen LogP contribution in [-0.2, 0) is 41.3 Å². The molecule has 0 aliphatic heterocycles. The molecule has 0 saturated heterocycles. The van der Waals surface area contributed by atoms with E-state index in [0.717, 1.165) is 0 Å². The van der Waals surface area contributed by atoms with Crippen LogP contribution in [0.25, 0.3) is 0 Å². The van der Waals surface area contributed by atoms with Crippen molar-refractivity contribution in [2.24, 2.45) is 5.73 Å². The fraction of sp³-hybridized carbons (Fsp3) is 0.500. The van der Waals surface area contributed by atoms with E-state index < -0.39 is 5.97 Å². The van der Waals surface area contributed by atoms with Crippen molar-refractivity contribution in [3.63, 3.8) is 0 Å². The first-order valence-electron chi connectivity index (χ1n) is 1.19. The van der Waals surface area contributed by atoms with E-state index in [2.05, 4.69) is 5.73 Å². The molecular formula is C2H5FeNO2Zn. The minimum absolute atomic E-state index is 0. The summed E-state index contributed by atoms with van der Waals surface area (Å²) in [5, 5.41) is 7.60. The molecule has 0 atom stereocenters. The van der Waals surface area contributed by atoms with Gasteiger partial charge in [0.2, 0.25) is 0 Å². The molecule has 0 amide bonds. The Morgan fingerprint density at radius 2 is 1.86 bits per heavy atom. The maximum Gasteiger partial charge on any atom is 0.317 e. The number of hydrogen-bond acceptors (Lipinski definition) is 2. The normalized spacial score (nSPS) is 5.29. The number of carbonyl (C=O) groups is 1. The van der Waals surface area contributed by atoms with Gasteiger partial charge >= 0.3 is 5.97 Å². The molecule has 5 heteroatoms. The van der Waals surface area contributed by atoms with Crippen LogP contribution in [0.1, 0.15) is 0 Å². The summed E-state index contributed by atoms with van der Waals surface area (Å²) in [5.41, 5.74) is 4.57. The van der Waals surface area contributed by atoms with Crippen LogP contribution in [0, 0.1) is 0 Å². The van der Waals surface area contributed by atoms with E-state index >= 15 is 0 Å². The van der Waals surface area contributed by atoms with Gasteiger partial charge in [0, 0.05) is 36.5 Å².